The van der Waals surface area contributed by atoms with Crippen molar-refractivity contribution in [2.45, 2.75) is 19.4 Å². The summed E-state index contributed by atoms with van der Waals surface area (Å²) in [5.74, 6) is 1.79. The third-order valence-electron chi connectivity index (χ3n) is 5.76. The Hall–Kier alpha value is -4.52. The number of rotatable bonds is 9. The maximum atomic E-state index is 13.0. The number of anilines is 1. The van der Waals surface area contributed by atoms with Gasteiger partial charge in [-0.2, -0.15) is 0 Å². The second kappa shape index (κ2) is 10.6. The van der Waals surface area contributed by atoms with Crippen LogP contribution in [0.25, 0.3) is 22.3 Å². The molecule has 1 amide bonds. The normalized spacial score (nSPS) is 10.9. The van der Waals surface area contributed by atoms with Crippen LogP contribution in [0.15, 0.2) is 91.3 Å². The number of aromatic nitrogens is 4. The summed E-state index contributed by atoms with van der Waals surface area (Å²) in [5.41, 5.74) is 3.45. The van der Waals surface area contributed by atoms with E-state index in [0.717, 1.165) is 41.7 Å². The lowest BCUT2D eigenvalue weighted by molar-refractivity contribution is 0.0950. The second-order valence-electron chi connectivity index (χ2n) is 8.19. The monoisotopic (exact) mass is 462 g/mol. The summed E-state index contributed by atoms with van der Waals surface area (Å²) in [4.78, 5) is 29.7. The fourth-order valence-corrected chi connectivity index (χ4v) is 4.04. The van der Waals surface area contributed by atoms with Crippen LogP contribution in [0.3, 0.4) is 0 Å². The molecule has 0 fully saturated rings. The fraction of sp³-hybridized carbons (Fsp3) is 0.143. The zero-order valence-electron chi connectivity index (χ0n) is 19.2. The molecule has 7 heteroatoms. The van der Waals surface area contributed by atoms with E-state index in [2.05, 4.69) is 49.9 Å². The molecule has 0 aliphatic rings. The van der Waals surface area contributed by atoms with Gasteiger partial charge in [-0.3, -0.25) is 4.79 Å². The van der Waals surface area contributed by atoms with Gasteiger partial charge in [0.2, 0.25) is 0 Å². The quantitative estimate of drug-likeness (QED) is 0.268. The van der Waals surface area contributed by atoms with Crippen LogP contribution in [0.1, 0.15) is 28.2 Å². The van der Waals surface area contributed by atoms with Crippen molar-refractivity contribution in [2.24, 2.45) is 0 Å². The number of hydrogen-bond donors (Lipinski definition) is 3. The Morgan fingerprint density at radius 1 is 0.886 bits per heavy atom. The average Bonchev–Trinajstić information content (AvgIpc) is 3.45. The van der Waals surface area contributed by atoms with E-state index in [-0.39, 0.29) is 12.5 Å². The summed E-state index contributed by atoms with van der Waals surface area (Å²) < 4.78 is 0. The van der Waals surface area contributed by atoms with Crippen LogP contribution in [0.4, 0.5) is 5.82 Å². The fourth-order valence-electron chi connectivity index (χ4n) is 4.04. The lowest BCUT2D eigenvalue weighted by Crippen LogP contribution is -2.25. The molecular formula is C28H26N6O. The van der Waals surface area contributed by atoms with E-state index < -0.39 is 0 Å². The summed E-state index contributed by atoms with van der Waals surface area (Å²) in [5, 5.41) is 7.40. The van der Waals surface area contributed by atoms with Crippen molar-refractivity contribution in [3.05, 3.63) is 108 Å². The van der Waals surface area contributed by atoms with E-state index >= 15 is 0 Å². The van der Waals surface area contributed by atoms with Gasteiger partial charge in [-0.05, 0) is 36.6 Å². The molecule has 0 saturated heterocycles. The Morgan fingerprint density at radius 2 is 1.69 bits per heavy atom. The van der Waals surface area contributed by atoms with Crippen LogP contribution in [0, 0.1) is 0 Å². The number of para-hydroxylation sites is 1. The molecule has 3 aromatic carbocycles. The van der Waals surface area contributed by atoms with Gasteiger partial charge < -0.3 is 15.6 Å². The highest BCUT2D eigenvalue weighted by Gasteiger charge is 2.15. The predicted molar refractivity (Wildman–Crippen MR) is 138 cm³/mol. The summed E-state index contributed by atoms with van der Waals surface area (Å²) in [6.07, 6.45) is 5.38. The molecule has 5 aromatic rings. The SMILES string of the molecule is O=C(NCc1nc(NCCCc2ccccc2)c2ccccc2n1)c1ccccc1-c1ncc[nH]1. The maximum absolute atomic E-state index is 13.0. The predicted octanol–water partition coefficient (Wildman–Crippen LogP) is 4.99. The molecule has 7 nitrogen and oxygen atoms in total. The number of H-pyrrole nitrogens is 1. The number of hydrogen-bond acceptors (Lipinski definition) is 5. The second-order valence-corrected chi connectivity index (χ2v) is 8.19. The Morgan fingerprint density at radius 3 is 2.54 bits per heavy atom. The summed E-state index contributed by atoms with van der Waals surface area (Å²) >= 11 is 0. The van der Waals surface area contributed by atoms with Gasteiger partial charge >= 0.3 is 0 Å². The molecule has 35 heavy (non-hydrogen) atoms. The van der Waals surface area contributed by atoms with E-state index in [0.29, 0.717) is 17.2 Å². The van der Waals surface area contributed by atoms with Crippen LogP contribution in [0.5, 0.6) is 0 Å². The van der Waals surface area contributed by atoms with E-state index in [1.807, 2.05) is 48.5 Å². The molecule has 3 N–H and O–H groups in total. The highest BCUT2D eigenvalue weighted by Crippen LogP contribution is 2.22. The van der Waals surface area contributed by atoms with E-state index in [1.54, 1.807) is 18.5 Å². The molecule has 0 bridgehead atoms. The number of benzene rings is 3. The number of aromatic amines is 1. The van der Waals surface area contributed by atoms with Crippen molar-refractivity contribution in [3.8, 4) is 11.4 Å². The van der Waals surface area contributed by atoms with Crippen molar-refractivity contribution in [2.75, 3.05) is 11.9 Å². The van der Waals surface area contributed by atoms with Gasteiger partial charge in [0, 0.05) is 29.9 Å². The van der Waals surface area contributed by atoms with Crippen LogP contribution >= 0.6 is 0 Å². The van der Waals surface area contributed by atoms with Gasteiger partial charge in [-0.25, -0.2) is 15.0 Å². The largest absolute Gasteiger partial charge is 0.369 e. The van der Waals surface area contributed by atoms with Crippen LogP contribution < -0.4 is 10.6 Å². The van der Waals surface area contributed by atoms with Crippen LogP contribution in [-0.4, -0.2) is 32.4 Å². The Labute approximate surface area is 203 Å². The Bertz CT molecular complexity index is 1420. The first-order valence-electron chi connectivity index (χ1n) is 11.7. The van der Waals surface area contributed by atoms with Crippen molar-refractivity contribution in [3.63, 3.8) is 0 Å². The average molecular weight is 463 g/mol. The third-order valence-corrected chi connectivity index (χ3v) is 5.76. The molecule has 2 heterocycles. The molecule has 0 radical (unpaired) electrons. The minimum Gasteiger partial charge on any atom is -0.369 e. The van der Waals surface area contributed by atoms with E-state index in [4.69, 9.17) is 4.98 Å². The van der Waals surface area contributed by atoms with E-state index in [1.165, 1.54) is 5.56 Å². The standard InChI is InChI=1S/C28H26N6O/c35-28(22-13-5-4-12-21(22)26-30-17-18-31-26)32-19-25-33-24-15-7-6-14-23(24)27(34-25)29-16-8-11-20-9-2-1-3-10-20/h1-7,9-10,12-15,17-18H,8,11,16,19H2,(H,30,31)(H,32,35)(H,29,33,34). The first-order valence-corrected chi connectivity index (χ1v) is 11.7. The van der Waals surface area contributed by atoms with Crippen molar-refractivity contribution >= 4 is 22.6 Å². The van der Waals surface area contributed by atoms with Crippen LogP contribution in [-0.2, 0) is 13.0 Å². The smallest absolute Gasteiger partial charge is 0.252 e. The molecule has 0 saturated carbocycles. The van der Waals surface area contributed by atoms with Crippen molar-refractivity contribution < 1.29 is 4.79 Å². The molecule has 174 valence electrons. The first-order chi connectivity index (χ1) is 17.3. The summed E-state index contributed by atoms with van der Waals surface area (Å²) in [6, 6.07) is 25.7. The minimum atomic E-state index is -0.203. The molecule has 0 atom stereocenters. The van der Waals surface area contributed by atoms with Gasteiger partial charge in [-0.15, -0.1) is 0 Å². The molecule has 0 spiro atoms. The van der Waals surface area contributed by atoms with Gasteiger partial charge in [0.05, 0.1) is 17.6 Å². The summed E-state index contributed by atoms with van der Waals surface area (Å²) in [6.45, 7) is 1.01. The minimum absolute atomic E-state index is 0.203. The molecule has 2 aromatic heterocycles. The highest BCUT2D eigenvalue weighted by molar-refractivity contribution is 6.00. The number of amides is 1. The molecule has 0 aliphatic heterocycles. The van der Waals surface area contributed by atoms with Gasteiger partial charge in [0.1, 0.15) is 11.6 Å². The molecule has 5 rings (SSSR count). The van der Waals surface area contributed by atoms with Gasteiger partial charge in [0.15, 0.2) is 5.82 Å². The van der Waals surface area contributed by atoms with Crippen LogP contribution in [0.2, 0.25) is 0 Å². The van der Waals surface area contributed by atoms with Crippen molar-refractivity contribution in [1.82, 2.24) is 25.3 Å². The number of nitrogens with zero attached hydrogens (tertiary/aromatic N) is 3. The number of carbonyl (C=O) groups is 1. The number of carbonyl (C=O) groups excluding carboxylic acids is 1. The van der Waals surface area contributed by atoms with Gasteiger partial charge in [-0.1, -0.05) is 60.7 Å². The molecule has 0 unspecified atom stereocenters. The van der Waals surface area contributed by atoms with Crippen molar-refractivity contribution in [1.29, 1.82) is 0 Å². The molecular weight excluding hydrogens is 436 g/mol. The number of nitrogens with one attached hydrogen (secondary N) is 3. The lowest BCUT2D eigenvalue weighted by atomic mass is 10.1. The molecule has 0 aliphatic carbocycles. The summed E-state index contributed by atoms with van der Waals surface area (Å²) in [7, 11) is 0. The Balaban J connectivity index is 1.29. The van der Waals surface area contributed by atoms with E-state index in [9.17, 15) is 4.79 Å². The lowest BCUT2D eigenvalue weighted by Gasteiger charge is -2.12. The number of fused-ring (bicyclic) bond motifs is 1. The first kappa shape index (κ1) is 22.3. The zero-order chi connectivity index (χ0) is 23.9. The topological polar surface area (TPSA) is 95.6 Å². The third kappa shape index (κ3) is 5.35. The highest BCUT2D eigenvalue weighted by atomic mass is 16.1. The number of aryl methyl sites for hydroxylation is 1. The zero-order valence-corrected chi connectivity index (χ0v) is 19.2. The maximum Gasteiger partial charge on any atom is 0.252 e. The number of imidazole rings is 1. The Kier molecular flexibility index (Phi) is 6.75. The van der Waals surface area contributed by atoms with Gasteiger partial charge in [0.25, 0.3) is 5.91 Å².